The van der Waals surface area contributed by atoms with E-state index in [1.807, 2.05) is 12.1 Å². The lowest BCUT2D eigenvalue weighted by molar-refractivity contribution is 0.577. The molecule has 2 aromatic heterocycles. The molecular formula is C15H7ClF2N2. The summed E-state index contributed by atoms with van der Waals surface area (Å²) in [7, 11) is 0. The van der Waals surface area contributed by atoms with Crippen LogP contribution in [0.2, 0.25) is 5.15 Å². The fourth-order valence-electron chi connectivity index (χ4n) is 2.62. The molecule has 4 rings (SSSR count). The number of rotatable bonds is 0. The lowest BCUT2D eigenvalue weighted by atomic mass is 10.1. The highest BCUT2D eigenvalue weighted by Gasteiger charge is 2.24. The van der Waals surface area contributed by atoms with Crippen molar-refractivity contribution < 1.29 is 8.78 Å². The van der Waals surface area contributed by atoms with Gasteiger partial charge in [0.05, 0.1) is 5.69 Å². The highest BCUT2D eigenvalue weighted by Crippen LogP contribution is 2.38. The van der Waals surface area contributed by atoms with Gasteiger partial charge in [0, 0.05) is 29.0 Å². The number of aromatic nitrogens is 2. The average Bonchev–Trinajstić information content (AvgIpc) is 2.75. The smallest absolute Gasteiger partial charge is 0.161 e. The summed E-state index contributed by atoms with van der Waals surface area (Å²) >= 11 is 5.85. The summed E-state index contributed by atoms with van der Waals surface area (Å²) in [6, 6.07) is 7.61. The molecule has 0 fully saturated rings. The van der Waals surface area contributed by atoms with E-state index in [4.69, 9.17) is 11.6 Å². The summed E-state index contributed by atoms with van der Waals surface area (Å²) in [6.45, 7) is 0. The van der Waals surface area contributed by atoms with Gasteiger partial charge in [-0.15, -0.1) is 0 Å². The predicted octanol–water partition coefficient (Wildman–Crippen LogP) is 4.13. The Labute approximate surface area is 118 Å². The molecule has 0 saturated carbocycles. The lowest BCUT2D eigenvalue weighted by Gasteiger charge is -2.03. The van der Waals surface area contributed by atoms with E-state index in [-0.39, 0.29) is 0 Å². The predicted molar refractivity (Wildman–Crippen MR) is 72.7 cm³/mol. The van der Waals surface area contributed by atoms with Crippen LogP contribution in [0, 0.1) is 11.6 Å². The minimum Gasteiger partial charge on any atom is -0.228 e. The molecule has 0 bridgehead atoms. The van der Waals surface area contributed by atoms with Gasteiger partial charge in [-0.1, -0.05) is 11.6 Å². The quantitative estimate of drug-likeness (QED) is 0.455. The molecule has 1 aliphatic rings. The SMILES string of the molecule is Fc1cc(F)c2c(c1)-c1nc3nc(Cl)ccc3cc1C2. The maximum absolute atomic E-state index is 13.8. The van der Waals surface area contributed by atoms with Gasteiger partial charge in [-0.25, -0.2) is 18.7 Å². The van der Waals surface area contributed by atoms with E-state index in [2.05, 4.69) is 9.97 Å². The van der Waals surface area contributed by atoms with Crippen LogP contribution in [0.1, 0.15) is 11.1 Å². The van der Waals surface area contributed by atoms with Gasteiger partial charge >= 0.3 is 0 Å². The second-order valence-corrected chi connectivity index (χ2v) is 5.15. The molecular weight excluding hydrogens is 282 g/mol. The first-order chi connectivity index (χ1) is 9.61. The molecule has 0 unspecified atom stereocenters. The van der Waals surface area contributed by atoms with E-state index < -0.39 is 11.6 Å². The Hall–Kier alpha value is -2.07. The van der Waals surface area contributed by atoms with Gasteiger partial charge in [0.2, 0.25) is 0 Å². The minimum atomic E-state index is -0.602. The Bertz CT molecular complexity index is 877. The zero-order chi connectivity index (χ0) is 13.9. The van der Waals surface area contributed by atoms with Crippen LogP contribution in [0.25, 0.3) is 22.3 Å². The van der Waals surface area contributed by atoms with Gasteiger partial charge < -0.3 is 0 Å². The fourth-order valence-corrected chi connectivity index (χ4v) is 2.77. The summed E-state index contributed by atoms with van der Waals surface area (Å²) in [4.78, 5) is 8.55. The molecule has 2 heterocycles. The van der Waals surface area contributed by atoms with Crippen molar-refractivity contribution in [1.82, 2.24) is 9.97 Å². The Morgan fingerprint density at radius 1 is 1.05 bits per heavy atom. The maximum atomic E-state index is 13.8. The molecule has 20 heavy (non-hydrogen) atoms. The topological polar surface area (TPSA) is 25.8 Å². The molecule has 0 spiro atoms. The minimum absolute atomic E-state index is 0.341. The van der Waals surface area contributed by atoms with Gasteiger partial charge in [0.15, 0.2) is 5.65 Å². The molecule has 3 aromatic rings. The molecule has 2 nitrogen and oxygen atoms in total. The highest BCUT2D eigenvalue weighted by atomic mass is 35.5. The molecule has 5 heteroatoms. The number of hydrogen-bond donors (Lipinski definition) is 0. The van der Waals surface area contributed by atoms with Crippen LogP contribution in [0.3, 0.4) is 0 Å². The first-order valence-electron chi connectivity index (χ1n) is 6.06. The molecule has 1 aromatic carbocycles. The number of pyridine rings is 2. The fraction of sp³-hybridized carbons (Fsp3) is 0.0667. The third-order valence-corrected chi connectivity index (χ3v) is 3.72. The van der Waals surface area contributed by atoms with Crippen LogP contribution in [-0.2, 0) is 6.42 Å². The van der Waals surface area contributed by atoms with Crippen LogP contribution in [-0.4, -0.2) is 9.97 Å². The van der Waals surface area contributed by atoms with Crippen molar-refractivity contribution in [2.24, 2.45) is 0 Å². The van der Waals surface area contributed by atoms with Crippen molar-refractivity contribution in [3.8, 4) is 11.3 Å². The third-order valence-electron chi connectivity index (χ3n) is 3.51. The number of hydrogen-bond acceptors (Lipinski definition) is 2. The van der Waals surface area contributed by atoms with E-state index >= 15 is 0 Å². The van der Waals surface area contributed by atoms with Gasteiger partial charge in [-0.05, 0) is 29.8 Å². The van der Waals surface area contributed by atoms with Crippen LogP contribution >= 0.6 is 11.6 Å². The molecule has 0 aliphatic heterocycles. The normalized spacial score (nSPS) is 12.6. The summed E-state index contributed by atoms with van der Waals surface area (Å²) < 4.78 is 27.2. The number of benzene rings is 1. The van der Waals surface area contributed by atoms with Crippen molar-refractivity contribution >= 4 is 22.6 Å². The molecule has 98 valence electrons. The van der Waals surface area contributed by atoms with Crippen LogP contribution < -0.4 is 0 Å². The van der Waals surface area contributed by atoms with E-state index in [9.17, 15) is 8.78 Å². The zero-order valence-corrected chi connectivity index (χ0v) is 10.9. The molecule has 0 N–H and O–H groups in total. The lowest BCUT2D eigenvalue weighted by Crippen LogP contribution is -1.90. The van der Waals surface area contributed by atoms with E-state index in [0.29, 0.717) is 34.0 Å². The molecule has 0 atom stereocenters. The van der Waals surface area contributed by atoms with Crippen LogP contribution in [0.4, 0.5) is 8.78 Å². The molecule has 0 amide bonds. The maximum Gasteiger partial charge on any atom is 0.161 e. The first-order valence-corrected chi connectivity index (χ1v) is 6.44. The number of halogens is 3. The Morgan fingerprint density at radius 2 is 1.90 bits per heavy atom. The summed E-state index contributed by atoms with van der Waals surface area (Å²) in [5.74, 6) is -1.14. The van der Waals surface area contributed by atoms with Gasteiger partial charge in [0.25, 0.3) is 0 Å². The second kappa shape index (κ2) is 3.96. The standard InChI is InChI=1S/C15H7ClF2N2/c16-13-2-1-7-3-8-4-10-11(5-9(17)6-12(10)18)14(8)20-15(7)19-13/h1-3,5-6H,4H2. The van der Waals surface area contributed by atoms with Crippen molar-refractivity contribution in [2.45, 2.75) is 6.42 Å². The van der Waals surface area contributed by atoms with Crippen molar-refractivity contribution in [1.29, 1.82) is 0 Å². The van der Waals surface area contributed by atoms with Gasteiger partial charge in [0.1, 0.15) is 16.8 Å². The summed E-state index contributed by atoms with van der Waals surface area (Å²) in [6.07, 6.45) is 0.419. The highest BCUT2D eigenvalue weighted by molar-refractivity contribution is 6.29. The summed E-state index contributed by atoms with van der Waals surface area (Å²) in [5.41, 5.74) is 2.92. The van der Waals surface area contributed by atoms with E-state index in [1.165, 1.54) is 6.07 Å². The molecule has 0 radical (unpaired) electrons. The molecule has 1 aliphatic carbocycles. The zero-order valence-electron chi connectivity index (χ0n) is 10.1. The Balaban J connectivity index is 2.04. The van der Waals surface area contributed by atoms with Crippen molar-refractivity contribution in [3.05, 3.63) is 58.2 Å². The van der Waals surface area contributed by atoms with E-state index in [1.54, 1.807) is 6.07 Å². The third kappa shape index (κ3) is 1.61. The number of fused-ring (bicyclic) bond motifs is 4. The Kier molecular flexibility index (Phi) is 2.32. The monoisotopic (exact) mass is 288 g/mol. The van der Waals surface area contributed by atoms with Crippen LogP contribution in [0.5, 0.6) is 0 Å². The first kappa shape index (κ1) is 11.7. The summed E-state index contributed by atoms with van der Waals surface area (Å²) in [5, 5.41) is 1.18. The van der Waals surface area contributed by atoms with Gasteiger partial charge in [-0.3, -0.25) is 0 Å². The largest absolute Gasteiger partial charge is 0.228 e. The van der Waals surface area contributed by atoms with Crippen molar-refractivity contribution in [3.63, 3.8) is 0 Å². The second-order valence-electron chi connectivity index (χ2n) is 4.77. The van der Waals surface area contributed by atoms with Gasteiger partial charge in [-0.2, -0.15) is 0 Å². The molecule has 0 saturated heterocycles. The number of nitrogens with zero attached hydrogens (tertiary/aromatic N) is 2. The van der Waals surface area contributed by atoms with Crippen molar-refractivity contribution in [2.75, 3.05) is 0 Å². The van der Waals surface area contributed by atoms with Crippen LogP contribution in [0.15, 0.2) is 30.3 Å². The van der Waals surface area contributed by atoms with E-state index in [0.717, 1.165) is 17.0 Å². The Morgan fingerprint density at radius 3 is 2.75 bits per heavy atom. The average molecular weight is 289 g/mol.